The van der Waals surface area contributed by atoms with Crippen LogP contribution in [-0.4, -0.2) is 31.1 Å². The molecule has 1 N–H and O–H groups in total. The van der Waals surface area contributed by atoms with Crippen molar-refractivity contribution in [2.45, 2.75) is 33.7 Å². The molecule has 8 heteroatoms. The Bertz CT molecular complexity index is 1320. The molecule has 1 saturated heterocycles. The molecule has 0 spiro atoms. The number of rotatable bonds is 6. The Morgan fingerprint density at radius 2 is 1.85 bits per heavy atom. The molecule has 6 nitrogen and oxygen atoms in total. The van der Waals surface area contributed by atoms with Crippen LogP contribution in [0.5, 0.6) is 0 Å². The second kappa shape index (κ2) is 9.49. The second-order valence-corrected chi connectivity index (χ2v) is 10.2. The molecule has 1 aliphatic rings. The zero-order chi connectivity index (χ0) is 23.7. The number of thioether (sulfide) groups is 1. The molecule has 4 rings (SSSR count). The molecule has 0 unspecified atom stereocenters. The van der Waals surface area contributed by atoms with E-state index in [1.807, 2.05) is 56.3 Å². The third kappa shape index (κ3) is 4.72. The summed E-state index contributed by atoms with van der Waals surface area (Å²) in [7, 11) is 0. The number of fused-ring (bicyclic) bond motifs is 1. The molecule has 1 fully saturated rings. The Morgan fingerprint density at radius 3 is 2.55 bits per heavy atom. The van der Waals surface area contributed by atoms with Crippen LogP contribution in [0.15, 0.2) is 58.4 Å². The average molecular weight is 479 g/mol. The van der Waals surface area contributed by atoms with E-state index in [1.54, 1.807) is 17.2 Å². The number of anilines is 1. The highest BCUT2D eigenvalue weighted by Gasteiger charge is 2.36. The minimum atomic E-state index is -0.226. The van der Waals surface area contributed by atoms with Gasteiger partial charge in [-0.3, -0.25) is 18.9 Å². The lowest BCUT2D eigenvalue weighted by Crippen LogP contribution is -2.31. The molecule has 1 amide bonds. The van der Waals surface area contributed by atoms with Gasteiger partial charge in [-0.25, -0.2) is 4.98 Å². The molecule has 0 saturated carbocycles. The Kier molecular flexibility index (Phi) is 6.67. The smallest absolute Gasteiger partial charge is 0.267 e. The first kappa shape index (κ1) is 23.2. The van der Waals surface area contributed by atoms with Crippen LogP contribution in [0.1, 0.15) is 43.5 Å². The lowest BCUT2D eigenvalue weighted by Gasteiger charge is -2.23. The minimum absolute atomic E-state index is 0.204. The zero-order valence-electron chi connectivity index (χ0n) is 19.0. The molecule has 1 aliphatic heterocycles. The topological polar surface area (TPSA) is 66.7 Å². The number of nitrogens with one attached hydrogen (secondary N) is 1. The van der Waals surface area contributed by atoms with E-state index in [0.717, 1.165) is 11.1 Å². The summed E-state index contributed by atoms with van der Waals surface area (Å²) in [5, 5.41) is 3.28. The van der Waals surface area contributed by atoms with Gasteiger partial charge in [0, 0.05) is 12.7 Å². The molecule has 170 valence electrons. The highest BCUT2D eigenvalue weighted by Crippen LogP contribution is 2.38. The number of aromatic nitrogens is 2. The fraction of sp³-hybridized carbons (Fsp3) is 0.280. The molecule has 3 heterocycles. The quantitative estimate of drug-likeness (QED) is 0.396. The van der Waals surface area contributed by atoms with Gasteiger partial charge in [0.15, 0.2) is 0 Å². The van der Waals surface area contributed by atoms with Crippen LogP contribution in [0.25, 0.3) is 11.7 Å². The number of thiocarbonyl (C=S) groups is 1. The molecule has 33 heavy (non-hydrogen) atoms. The summed E-state index contributed by atoms with van der Waals surface area (Å²) in [5.74, 6) is 0.630. The number of benzene rings is 1. The van der Waals surface area contributed by atoms with Gasteiger partial charge in [-0.15, -0.1) is 0 Å². The molecule has 0 radical (unpaired) electrons. The van der Waals surface area contributed by atoms with Gasteiger partial charge in [-0.2, -0.15) is 0 Å². The molecule has 3 aromatic rings. The summed E-state index contributed by atoms with van der Waals surface area (Å²) >= 11 is 6.76. The molecule has 1 atom stereocenters. The van der Waals surface area contributed by atoms with E-state index in [2.05, 4.69) is 24.1 Å². The molecule has 0 bridgehead atoms. The summed E-state index contributed by atoms with van der Waals surface area (Å²) in [6.45, 7) is 8.70. The number of hydrogen-bond acceptors (Lipinski definition) is 6. The third-order valence-electron chi connectivity index (χ3n) is 5.45. The molecule has 0 aliphatic carbocycles. The maximum absolute atomic E-state index is 13.4. The zero-order valence-corrected chi connectivity index (χ0v) is 20.7. The largest absolute Gasteiger partial charge is 0.369 e. The van der Waals surface area contributed by atoms with Crippen molar-refractivity contribution in [2.24, 2.45) is 5.92 Å². The summed E-state index contributed by atoms with van der Waals surface area (Å²) < 4.78 is 2.00. The highest BCUT2D eigenvalue weighted by atomic mass is 32.2. The van der Waals surface area contributed by atoms with Crippen LogP contribution >= 0.6 is 24.0 Å². The second-order valence-electron chi connectivity index (χ2n) is 8.53. The van der Waals surface area contributed by atoms with Crippen molar-refractivity contribution in [1.29, 1.82) is 0 Å². The van der Waals surface area contributed by atoms with E-state index in [4.69, 9.17) is 12.2 Å². The Hall–Kier alpha value is -2.97. The first-order valence-electron chi connectivity index (χ1n) is 10.8. The lowest BCUT2D eigenvalue weighted by atomic mass is 10.1. The average Bonchev–Trinajstić information content (AvgIpc) is 3.07. The van der Waals surface area contributed by atoms with Gasteiger partial charge < -0.3 is 5.32 Å². The van der Waals surface area contributed by atoms with Gasteiger partial charge in [0.1, 0.15) is 15.8 Å². The third-order valence-corrected chi connectivity index (χ3v) is 6.78. The summed E-state index contributed by atoms with van der Waals surface area (Å²) in [4.78, 5) is 33.5. The monoisotopic (exact) mass is 478 g/mol. The van der Waals surface area contributed by atoms with E-state index in [-0.39, 0.29) is 17.5 Å². The van der Waals surface area contributed by atoms with E-state index < -0.39 is 0 Å². The number of amides is 1. The molecule has 1 aromatic carbocycles. The number of nitrogens with zero attached hydrogens (tertiary/aromatic N) is 3. The van der Waals surface area contributed by atoms with Crippen molar-refractivity contribution in [1.82, 2.24) is 14.3 Å². The molecular weight excluding hydrogens is 452 g/mol. The number of hydrogen-bond donors (Lipinski definition) is 1. The number of carbonyl (C=O) groups is 1. The maximum atomic E-state index is 13.4. The Balaban J connectivity index is 1.78. The Morgan fingerprint density at radius 1 is 1.12 bits per heavy atom. The van der Waals surface area contributed by atoms with Crippen LogP contribution in [0.4, 0.5) is 5.82 Å². The van der Waals surface area contributed by atoms with Gasteiger partial charge in [0.2, 0.25) is 0 Å². The number of pyridine rings is 1. The first-order chi connectivity index (χ1) is 15.8. The molecule has 2 aromatic heterocycles. The van der Waals surface area contributed by atoms with Crippen molar-refractivity contribution in [3.8, 4) is 0 Å². The van der Waals surface area contributed by atoms with Crippen molar-refractivity contribution >= 4 is 51.7 Å². The normalized spacial score (nSPS) is 16.3. The van der Waals surface area contributed by atoms with E-state index in [0.29, 0.717) is 38.7 Å². The van der Waals surface area contributed by atoms with Gasteiger partial charge in [-0.05, 0) is 43.0 Å². The number of aryl methyl sites for hydroxylation is 1. The van der Waals surface area contributed by atoms with E-state index in [1.165, 1.54) is 16.2 Å². The van der Waals surface area contributed by atoms with E-state index >= 15 is 0 Å². The van der Waals surface area contributed by atoms with Crippen LogP contribution in [0, 0.1) is 12.8 Å². The lowest BCUT2D eigenvalue weighted by molar-refractivity contribution is -0.123. The minimum Gasteiger partial charge on any atom is -0.369 e. The fourth-order valence-corrected chi connectivity index (χ4v) is 5.05. The Labute approximate surface area is 202 Å². The summed E-state index contributed by atoms with van der Waals surface area (Å²) in [5.41, 5.74) is 2.63. The number of carbonyl (C=O) groups excluding carboxylic acids is 1. The predicted molar refractivity (Wildman–Crippen MR) is 139 cm³/mol. The van der Waals surface area contributed by atoms with Crippen molar-refractivity contribution in [2.75, 3.05) is 11.9 Å². The SMILES string of the molecule is Cc1ccc2nc(NCC(C)C)c(/C=C3\SC(=S)N([C@@H](C)c4ccccc4)C3=O)c(=O)n2c1. The van der Waals surface area contributed by atoms with Crippen LogP contribution in [0.3, 0.4) is 0 Å². The van der Waals surface area contributed by atoms with Crippen LogP contribution < -0.4 is 10.9 Å². The predicted octanol–water partition coefficient (Wildman–Crippen LogP) is 5.03. The van der Waals surface area contributed by atoms with Crippen LogP contribution in [-0.2, 0) is 4.79 Å². The van der Waals surface area contributed by atoms with Gasteiger partial charge >= 0.3 is 0 Å². The van der Waals surface area contributed by atoms with Crippen molar-refractivity contribution in [3.05, 3.63) is 80.6 Å². The van der Waals surface area contributed by atoms with Gasteiger partial charge in [0.25, 0.3) is 11.5 Å². The fourth-order valence-electron chi connectivity index (χ4n) is 3.65. The van der Waals surface area contributed by atoms with Crippen LogP contribution in [0.2, 0.25) is 0 Å². The standard InChI is InChI=1S/C25H26N4O2S2/c1-15(2)13-26-22-19(23(30)28-14-16(3)10-11-21(28)27-22)12-20-24(31)29(25(32)33-20)17(4)18-8-6-5-7-9-18/h5-12,14-15,17,26H,13H2,1-4H3/b20-12-/t17-/m0/s1. The van der Waals surface area contributed by atoms with Gasteiger partial charge in [-0.1, -0.05) is 74.2 Å². The van der Waals surface area contributed by atoms with Crippen molar-refractivity contribution in [3.63, 3.8) is 0 Å². The van der Waals surface area contributed by atoms with E-state index in [9.17, 15) is 9.59 Å². The maximum Gasteiger partial charge on any atom is 0.267 e. The summed E-state index contributed by atoms with van der Waals surface area (Å²) in [6.07, 6.45) is 3.39. The van der Waals surface area contributed by atoms with Gasteiger partial charge in [0.05, 0.1) is 16.5 Å². The highest BCUT2D eigenvalue weighted by molar-refractivity contribution is 8.26. The molecular formula is C25H26N4O2S2. The summed E-state index contributed by atoms with van der Waals surface area (Å²) in [6, 6.07) is 13.3. The van der Waals surface area contributed by atoms with Crippen molar-refractivity contribution < 1.29 is 4.79 Å². The first-order valence-corrected chi connectivity index (χ1v) is 12.1.